The Morgan fingerprint density at radius 2 is 1.44 bits per heavy atom. The maximum Gasteiger partial charge on any atom is 0.227 e. The van der Waals surface area contributed by atoms with Crippen LogP contribution in [0.25, 0.3) is 0 Å². The molecule has 3 N–H and O–H groups in total. The second-order valence-electron chi connectivity index (χ2n) is 8.14. The summed E-state index contributed by atoms with van der Waals surface area (Å²) in [7, 11) is 0. The number of nitrogens with zero attached hydrogens (tertiary/aromatic N) is 1. The van der Waals surface area contributed by atoms with Crippen LogP contribution in [-0.4, -0.2) is 63.8 Å². The Morgan fingerprint density at radius 1 is 0.926 bits per heavy atom. The van der Waals surface area contributed by atoms with Crippen LogP contribution < -0.4 is 0 Å². The van der Waals surface area contributed by atoms with E-state index in [4.69, 9.17) is 4.74 Å². The molecule has 0 saturated carbocycles. The molecular formula is C21H41NO5. The smallest absolute Gasteiger partial charge is 0.227 e. The second kappa shape index (κ2) is 13.5. The molecule has 0 aromatic rings. The first kappa shape index (κ1) is 24.3. The van der Waals surface area contributed by atoms with Crippen LogP contribution in [0.5, 0.6) is 0 Å². The van der Waals surface area contributed by atoms with E-state index in [1.165, 1.54) is 49.8 Å². The number of aliphatic hydroxyl groups excluding tert-OH is 3. The molecule has 27 heavy (non-hydrogen) atoms. The molecule has 160 valence electrons. The number of carbonyl (C=O) groups is 1. The summed E-state index contributed by atoms with van der Waals surface area (Å²) in [5, 5.41) is 29.8. The summed E-state index contributed by atoms with van der Waals surface area (Å²) >= 11 is 0. The van der Waals surface area contributed by atoms with Crippen molar-refractivity contribution in [3.05, 3.63) is 0 Å². The minimum atomic E-state index is -1.29. The molecule has 0 aromatic carbocycles. The molecule has 0 aliphatic carbocycles. The average Bonchev–Trinajstić information content (AvgIpc) is 2.64. The minimum absolute atomic E-state index is 0.0806. The van der Waals surface area contributed by atoms with E-state index in [1.807, 2.05) is 13.8 Å². The zero-order valence-corrected chi connectivity index (χ0v) is 17.5. The molecule has 6 heteroatoms. The van der Waals surface area contributed by atoms with Gasteiger partial charge in [-0.2, -0.15) is 0 Å². The van der Waals surface area contributed by atoms with Gasteiger partial charge in [-0.05, 0) is 6.42 Å². The van der Waals surface area contributed by atoms with Gasteiger partial charge in [-0.1, -0.05) is 78.6 Å². The van der Waals surface area contributed by atoms with Crippen LogP contribution in [0.1, 0.15) is 85.0 Å². The Hall–Kier alpha value is -0.690. The van der Waals surface area contributed by atoms with Crippen LogP contribution in [0.3, 0.4) is 0 Å². The van der Waals surface area contributed by atoms with E-state index in [1.54, 1.807) is 0 Å². The van der Waals surface area contributed by atoms with Gasteiger partial charge in [0.25, 0.3) is 0 Å². The number of hydrogen-bond acceptors (Lipinski definition) is 5. The minimum Gasteiger partial charge on any atom is -0.388 e. The first-order chi connectivity index (χ1) is 12.9. The van der Waals surface area contributed by atoms with E-state index in [0.29, 0.717) is 6.54 Å². The Morgan fingerprint density at radius 3 is 1.96 bits per heavy atom. The summed E-state index contributed by atoms with van der Waals surface area (Å²) in [5.74, 6) is -0.313. The molecule has 1 rings (SSSR count). The molecule has 0 bridgehead atoms. The van der Waals surface area contributed by atoms with Gasteiger partial charge < -0.3 is 25.0 Å². The number of carbonyl (C=O) groups excluding carboxylic acids is 1. The van der Waals surface area contributed by atoms with E-state index < -0.39 is 24.5 Å². The molecule has 1 amide bonds. The Balaban J connectivity index is 2.36. The second-order valence-corrected chi connectivity index (χ2v) is 8.14. The van der Waals surface area contributed by atoms with Crippen LogP contribution in [0.15, 0.2) is 0 Å². The molecule has 1 fully saturated rings. The maximum atomic E-state index is 12.6. The number of aliphatic hydroxyl groups is 3. The van der Waals surface area contributed by atoms with Gasteiger partial charge in [0.1, 0.15) is 18.3 Å². The highest BCUT2D eigenvalue weighted by Gasteiger charge is 2.42. The zero-order valence-electron chi connectivity index (χ0n) is 17.5. The predicted molar refractivity (Wildman–Crippen MR) is 106 cm³/mol. The van der Waals surface area contributed by atoms with Gasteiger partial charge in [0.05, 0.1) is 6.61 Å². The van der Waals surface area contributed by atoms with E-state index >= 15 is 0 Å². The lowest BCUT2D eigenvalue weighted by atomic mass is 10.0. The highest BCUT2D eigenvalue weighted by atomic mass is 16.5. The van der Waals surface area contributed by atoms with Crippen LogP contribution in [0.4, 0.5) is 0 Å². The quantitative estimate of drug-likeness (QED) is 0.423. The summed E-state index contributed by atoms with van der Waals surface area (Å²) in [6, 6.07) is 0. The Bertz CT molecular complexity index is 404. The van der Waals surface area contributed by atoms with Crippen molar-refractivity contribution >= 4 is 5.91 Å². The van der Waals surface area contributed by atoms with E-state index in [9.17, 15) is 20.1 Å². The van der Waals surface area contributed by atoms with E-state index in [-0.39, 0.29) is 18.4 Å². The molecule has 4 atom stereocenters. The summed E-state index contributed by atoms with van der Waals surface area (Å²) in [4.78, 5) is 14.1. The van der Waals surface area contributed by atoms with Gasteiger partial charge >= 0.3 is 0 Å². The lowest BCUT2D eigenvalue weighted by Gasteiger charge is -2.42. The fraction of sp³-hybridized carbons (Fsp3) is 0.952. The lowest BCUT2D eigenvalue weighted by Crippen LogP contribution is -2.60. The first-order valence-corrected chi connectivity index (χ1v) is 10.9. The van der Waals surface area contributed by atoms with Gasteiger partial charge in [-0.3, -0.25) is 4.79 Å². The van der Waals surface area contributed by atoms with Crippen molar-refractivity contribution in [2.75, 3.05) is 13.2 Å². The summed E-state index contributed by atoms with van der Waals surface area (Å²) in [6.07, 6.45) is 7.51. The highest BCUT2D eigenvalue weighted by Crippen LogP contribution is 2.21. The Kier molecular flexibility index (Phi) is 12.2. The standard InChI is InChI=1S/C21H41NO5/c1-4-5-6-7-8-9-10-11-12-13-14-22(20(26)16(2)3)21-19(25)18(24)17(23)15-27-21/h16-19,21,23-25H,4-15H2,1-3H3/t17-,18+,19-,21?/m1/s1. The van der Waals surface area contributed by atoms with Crippen molar-refractivity contribution in [2.24, 2.45) is 5.92 Å². The SMILES string of the molecule is CCCCCCCCCCCCN(C(=O)C(C)C)C1OC[C@@H](O)[C@H](O)[C@H]1O. The highest BCUT2D eigenvalue weighted by molar-refractivity contribution is 5.78. The van der Waals surface area contributed by atoms with Crippen LogP contribution in [-0.2, 0) is 9.53 Å². The molecule has 1 aliphatic rings. The topological polar surface area (TPSA) is 90.2 Å². The van der Waals surface area contributed by atoms with Crippen molar-refractivity contribution in [1.29, 1.82) is 0 Å². The maximum absolute atomic E-state index is 12.6. The van der Waals surface area contributed by atoms with Gasteiger partial charge in [-0.15, -0.1) is 0 Å². The Labute approximate surface area is 164 Å². The number of amides is 1. The van der Waals surface area contributed by atoms with Crippen molar-refractivity contribution in [2.45, 2.75) is 110 Å². The first-order valence-electron chi connectivity index (χ1n) is 10.9. The van der Waals surface area contributed by atoms with Crippen molar-refractivity contribution in [1.82, 2.24) is 4.90 Å². The number of hydrogen-bond donors (Lipinski definition) is 3. The van der Waals surface area contributed by atoms with Crippen molar-refractivity contribution < 1.29 is 24.9 Å². The number of unbranched alkanes of at least 4 members (excludes halogenated alkanes) is 9. The van der Waals surface area contributed by atoms with Crippen LogP contribution in [0, 0.1) is 5.92 Å². The molecule has 1 heterocycles. The van der Waals surface area contributed by atoms with Gasteiger partial charge in [0.15, 0.2) is 6.23 Å². The molecule has 0 radical (unpaired) electrons. The third-order valence-corrected chi connectivity index (χ3v) is 5.31. The van der Waals surface area contributed by atoms with Gasteiger partial charge in [-0.25, -0.2) is 0 Å². The zero-order chi connectivity index (χ0) is 20.2. The molecule has 0 aromatic heterocycles. The van der Waals surface area contributed by atoms with Crippen molar-refractivity contribution in [3.8, 4) is 0 Å². The lowest BCUT2D eigenvalue weighted by molar-refractivity contribution is -0.229. The van der Waals surface area contributed by atoms with Crippen LogP contribution in [0.2, 0.25) is 0 Å². The molecule has 1 unspecified atom stereocenters. The molecule has 1 aliphatic heterocycles. The van der Waals surface area contributed by atoms with Crippen LogP contribution >= 0.6 is 0 Å². The summed E-state index contributed by atoms with van der Waals surface area (Å²) < 4.78 is 5.49. The number of ether oxygens (including phenoxy) is 1. The van der Waals surface area contributed by atoms with Crippen molar-refractivity contribution in [3.63, 3.8) is 0 Å². The average molecular weight is 388 g/mol. The normalized spacial score (nSPS) is 25.7. The fourth-order valence-corrected chi connectivity index (χ4v) is 3.53. The largest absolute Gasteiger partial charge is 0.388 e. The monoisotopic (exact) mass is 387 g/mol. The molecule has 6 nitrogen and oxygen atoms in total. The molecule has 0 spiro atoms. The number of rotatable bonds is 13. The van der Waals surface area contributed by atoms with Gasteiger partial charge in [0.2, 0.25) is 5.91 Å². The van der Waals surface area contributed by atoms with Gasteiger partial charge in [0, 0.05) is 12.5 Å². The third-order valence-electron chi connectivity index (χ3n) is 5.31. The third kappa shape index (κ3) is 8.46. The van der Waals surface area contributed by atoms with E-state index in [2.05, 4.69) is 6.92 Å². The summed E-state index contributed by atoms with van der Waals surface area (Å²) in [6.45, 7) is 6.27. The molecule has 1 saturated heterocycles. The summed E-state index contributed by atoms with van der Waals surface area (Å²) in [5.41, 5.74) is 0. The fourth-order valence-electron chi connectivity index (χ4n) is 3.53. The van der Waals surface area contributed by atoms with E-state index in [0.717, 1.165) is 19.3 Å². The molecular weight excluding hydrogens is 346 g/mol. The predicted octanol–water partition coefficient (Wildman–Crippen LogP) is 2.83.